The molecule has 2 atom stereocenters. The van der Waals surface area contributed by atoms with Crippen LogP contribution in [-0.4, -0.2) is 59.9 Å². The van der Waals surface area contributed by atoms with Gasteiger partial charge in [-0.3, -0.25) is 9.69 Å². The smallest absolute Gasteiger partial charge is 0.250 e. The molecule has 0 aromatic heterocycles. The molecule has 17 heavy (non-hydrogen) atoms. The molecule has 100 valence electrons. The predicted octanol–water partition coefficient (Wildman–Crippen LogP) is -0.289. The first-order chi connectivity index (χ1) is 8.08. The second-order valence-corrected chi connectivity index (χ2v) is 3.34. The minimum atomic E-state index is -0.540. The molecule has 0 aromatic rings. The van der Waals surface area contributed by atoms with Gasteiger partial charge in [-0.25, -0.2) is 0 Å². The van der Waals surface area contributed by atoms with Crippen molar-refractivity contribution < 1.29 is 24.5 Å². The summed E-state index contributed by atoms with van der Waals surface area (Å²) in [5.74, 6) is -0.333. The number of carbonyl (C=O) groups is 1. The Bertz CT molecular complexity index is 220. The number of aliphatic hydroxyl groups is 2. The first kappa shape index (κ1) is 16.1. The Kier molecular flexibility index (Phi) is 8.61. The molecule has 6 heteroatoms. The number of aliphatic hydroxyl groups excluding tert-OH is 2. The van der Waals surface area contributed by atoms with Crippen molar-refractivity contribution in [3.63, 3.8) is 0 Å². The summed E-state index contributed by atoms with van der Waals surface area (Å²) < 4.78 is 10.5. The number of ether oxygens (including phenoxy) is 2. The Labute approximate surface area is 101 Å². The quantitative estimate of drug-likeness (QED) is 0.432. The van der Waals surface area contributed by atoms with Crippen LogP contribution in [0.4, 0.5) is 0 Å². The van der Waals surface area contributed by atoms with Crippen molar-refractivity contribution in [3.8, 4) is 0 Å². The van der Waals surface area contributed by atoms with E-state index in [0.717, 1.165) is 6.08 Å². The van der Waals surface area contributed by atoms with Crippen LogP contribution in [0.3, 0.4) is 0 Å². The van der Waals surface area contributed by atoms with Crippen molar-refractivity contribution >= 4 is 5.91 Å². The van der Waals surface area contributed by atoms with Gasteiger partial charge in [-0.05, 0) is 19.9 Å². The van der Waals surface area contributed by atoms with Gasteiger partial charge >= 0.3 is 0 Å². The largest absolute Gasteiger partial charge is 0.394 e. The molecule has 1 amide bonds. The van der Waals surface area contributed by atoms with Gasteiger partial charge in [-0.15, -0.1) is 0 Å². The third-order valence-electron chi connectivity index (χ3n) is 2.11. The molecule has 2 N–H and O–H groups in total. The van der Waals surface area contributed by atoms with Crippen LogP contribution in [0.2, 0.25) is 0 Å². The molecule has 0 heterocycles. The summed E-state index contributed by atoms with van der Waals surface area (Å²) >= 11 is 0. The number of hydrogen-bond acceptors (Lipinski definition) is 5. The van der Waals surface area contributed by atoms with Crippen LogP contribution in [0.1, 0.15) is 13.8 Å². The Hall–Kier alpha value is -0.950. The van der Waals surface area contributed by atoms with Gasteiger partial charge in [0.25, 0.3) is 0 Å². The molecule has 0 aliphatic carbocycles. The highest BCUT2D eigenvalue weighted by molar-refractivity contribution is 5.87. The minimum absolute atomic E-state index is 0.119. The van der Waals surface area contributed by atoms with Crippen LogP contribution < -0.4 is 0 Å². The predicted molar refractivity (Wildman–Crippen MR) is 62.0 cm³/mol. The Morgan fingerprint density at radius 3 is 1.94 bits per heavy atom. The molecule has 6 nitrogen and oxygen atoms in total. The molecule has 0 aromatic carbocycles. The highest BCUT2D eigenvalue weighted by Gasteiger charge is 2.24. The third kappa shape index (κ3) is 5.78. The van der Waals surface area contributed by atoms with E-state index in [1.54, 1.807) is 13.8 Å². The molecule has 0 saturated carbocycles. The first-order valence-corrected chi connectivity index (χ1v) is 5.48. The van der Waals surface area contributed by atoms with E-state index in [4.69, 9.17) is 19.7 Å². The summed E-state index contributed by atoms with van der Waals surface area (Å²) in [6.07, 6.45) is 0.0835. The molecule has 0 fully saturated rings. The van der Waals surface area contributed by atoms with E-state index in [1.165, 1.54) is 4.90 Å². The molecule has 0 aliphatic rings. The minimum Gasteiger partial charge on any atom is -0.394 e. The maximum atomic E-state index is 11.6. The van der Waals surface area contributed by atoms with Crippen molar-refractivity contribution in [1.29, 1.82) is 0 Å². The standard InChI is InChI=1S/C11H21NO5/c1-4-11(15)12(9(2)16-7-5-13)10(3)17-8-6-14/h4,9-10,13-14H,1,5-8H2,2-3H3. The van der Waals surface area contributed by atoms with E-state index < -0.39 is 12.5 Å². The molecular weight excluding hydrogens is 226 g/mol. The fraction of sp³-hybridized carbons (Fsp3) is 0.727. The molecule has 0 radical (unpaired) electrons. The zero-order valence-electron chi connectivity index (χ0n) is 10.3. The monoisotopic (exact) mass is 247 g/mol. The van der Waals surface area contributed by atoms with Gasteiger partial charge in [0.1, 0.15) is 12.5 Å². The molecule has 0 spiro atoms. The second kappa shape index (κ2) is 9.12. The lowest BCUT2D eigenvalue weighted by atomic mass is 10.4. The van der Waals surface area contributed by atoms with E-state index in [1.807, 2.05) is 0 Å². The van der Waals surface area contributed by atoms with Crippen molar-refractivity contribution in [2.24, 2.45) is 0 Å². The van der Waals surface area contributed by atoms with Crippen molar-refractivity contribution in [1.82, 2.24) is 4.90 Å². The molecule has 0 bridgehead atoms. The molecule has 2 unspecified atom stereocenters. The SMILES string of the molecule is C=CC(=O)N(C(C)OCCO)C(C)OCCO. The Balaban J connectivity index is 4.50. The number of nitrogens with zero attached hydrogens (tertiary/aromatic N) is 1. The van der Waals surface area contributed by atoms with E-state index in [-0.39, 0.29) is 32.3 Å². The third-order valence-corrected chi connectivity index (χ3v) is 2.11. The zero-order chi connectivity index (χ0) is 13.3. The summed E-state index contributed by atoms with van der Waals surface area (Å²) in [4.78, 5) is 13.0. The topological polar surface area (TPSA) is 79.2 Å². The summed E-state index contributed by atoms with van der Waals surface area (Å²) in [5.41, 5.74) is 0. The summed E-state index contributed by atoms with van der Waals surface area (Å²) in [6, 6.07) is 0. The summed E-state index contributed by atoms with van der Waals surface area (Å²) in [6.45, 7) is 6.79. The number of rotatable bonds is 9. The zero-order valence-corrected chi connectivity index (χ0v) is 10.3. The van der Waals surface area contributed by atoms with E-state index in [9.17, 15) is 4.79 Å². The first-order valence-electron chi connectivity index (χ1n) is 5.48. The van der Waals surface area contributed by atoms with Crippen LogP contribution >= 0.6 is 0 Å². The van der Waals surface area contributed by atoms with E-state index in [0.29, 0.717) is 0 Å². The van der Waals surface area contributed by atoms with Crippen LogP contribution in [0.25, 0.3) is 0 Å². The van der Waals surface area contributed by atoms with Crippen LogP contribution in [-0.2, 0) is 14.3 Å². The maximum absolute atomic E-state index is 11.6. The maximum Gasteiger partial charge on any atom is 0.250 e. The van der Waals surface area contributed by atoms with Crippen LogP contribution in [0.15, 0.2) is 12.7 Å². The lowest BCUT2D eigenvalue weighted by Crippen LogP contribution is -2.47. The van der Waals surface area contributed by atoms with E-state index >= 15 is 0 Å². The average Bonchev–Trinajstić information content (AvgIpc) is 2.33. The van der Waals surface area contributed by atoms with Gasteiger partial charge in [0.2, 0.25) is 5.91 Å². The normalized spacial score (nSPS) is 14.1. The molecule has 0 saturated heterocycles. The lowest BCUT2D eigenvalue weighted by Gasteiger charge is -2.33. The van der Waals surface area contributed by atoms with Gasteiger partial charge in [0.05, 0.1) is 26.4 Å². The molecular formula is C11H21NO5. The van der Waals surface area contributed by atoms with Crippen LogP contribution in [0.5, 0.6) is 0 Å². The molecule has 0 aliphatic heterocycles. The summed E-state index contributed by atoms with van der Waals surface area (Å²) in [5, 5.41) is 17.3. The van der Waals surface area contributed by atoms with Crippen molar-refractivity contribution in [3.05, 3.63) is 12.7 Å². The Morgan fingerprint density at radius 2 is 1.65 bits per heavy atom. The lowest BCUT2D eigenvalue weighted by molar-refractivity contribution is -0.169. The van der Waals surface area contributed by atoms with Gasteiger partial charge in [0.15, 0.2) is 0 Å². The Morgan fingerprint density at radius 1 is 1.24 bits per heavy atom. The molecule has 0 rings (SSSR count). The van der Waals surface area contributed by atoms with Crippen LogP contribution in [0, 0.1) is 0 Å². The highest BCUT2D eigenvalue weighted by atomic mass is 16.5. The number of carbonyl (C=O) groups excluding carboxylic acids is 1. The average molecular weight is 247 g/mol. The number of hydrogen-bond donors (Lipinski definition) is 2. The fourth-order valence-electron chi connectivity index (χ4n) is 1.37. The van der Waals surface area contributed by atoms with Gasteiger partial charge in [-0.2, -0.15) is 0 Å². The second-order valence-electron chi connectivity index (χ2n) is 3.34. The van der Waals surface area contributed by atoms with Gasteiger partial charge in [-0.1, -0.05) is 6.58 Å². The summed E-state index contributed by atoms with van der Waals surface area (Å²) in [7, 11) is 0. The van der Waals surface area contributed by atoms with Gasteiger partial charge in [0, 0.05) is 0 Å². The fourth-order valence-corrected chi connectivity index (χ4v) is 1.37. The van der Waals surface area contributed by atoms with E-state index in [2.05, 4.69) is 6.58 Å². The van der Waals surface area contributed by atoms with Crippen molar-refractivity contribution in [2.45, 2.75) is 26.3 Å². The van der Waals surface area contributed by atoms with Crippen molar-refractivity contribution in [2.75, 3.05) is 26.4 Å². The number of amides is 1. The van der Waals surface area contributed by atoms with Gasteiger partial charge < -0.3 is 19.7 Å². The highest BCUT2D eigenvalue weighted by Crippen LogP contribution is 2.09.